The number of nitrogens with zero attached hydrogens (tertiary/aromatic N) is 1. The first-order chi connectivity index (χ1) is 13.0. The minimum Gasteiger partial charge on any atom is -0.338 e. The number of nitrogens with one attached hydrogen (secondary N) is 1. The molecule has 0 heterocycles. The Kier molecular flexibility index (Phi) is 5.89. The van der Waals surface area contributed by atoms with E-state index in [1.165, 1.54) is 25.0 Å². The van der Waals surface area contributed by atoms with Crippen LogP contribution in [-0.2, 0) is 0 Å². The second-order valence-corrected chi connectivity index (χ2v) is 7.16. The lowest BCUT2D eigenvalue weighted by molar-refractivity contribution is 0.0747. The third-order valence-corrected chi connectivity index (χ3v) is 4.81. The zero-order chi connectivity index (χ0) is 19.4. The zero-order valence-electron chi connectivity index (χ0n) is 15.8. The number of benzene rings is 2. The molecule has 1 aliphatic rings. The monoisotopic (exact) mass is 368 g/mol. The molecule has 0 spiro atoms. The van der Waals surface area contributed by atoms with Crippen molar-refractivity contribution in [2.24, 2.45) is 5.92 Å². The van der Waals surface area contributed by atoms with Gasteiger partial charge in [0.05, 0.1) is 5.56 Å². The van der Waals surface area contributed by atoms with E-state index in [1.54, 1.807) is 24.3 Å². The average Bonchev–Trinajstić information content (AvgIpc) is 3.47. The SMILES string of the molecule is CCCN(CC1CC1)C(=O)c1ccc(C)c(NC(=O)c2ccccc2F)c1. The van der Waals surface area contributed by atoms with E-state index in [0.717, 1.165) is 25.1 Å². The van der Waals surface area contributed by atoms with Crippen molar-refractivity contribution < 1.29 is 14.0 Å². The number of anilines is 1. The van der Waals surface area contributed by atoms with Gasteiger partial charge >= 0.3 is 0 Å². The standard InChI is InChI=1S/C22H25FN2O2/c1-3-12-25(14-16-9-10-16)22(27)17-11-8-15(2)20(13-17)24-21(26)18-6-4-5-7-19(18)23/h4-8,11,13,16H,3,9-10,12,14H2,1-2H3,(H,24,26). The molecule has 0 aliphatic heterocycles. The van der Waals surface area contributed by atoms with Gasteiger partial charge in [0, 0.05) is 24.3 Å². The quantitative estimate of drug-likeness (QED) is 0.773. The van der Waals surface area contributed by atoms with Crippen molar-refractivity contribution in [3.63, 3.8) is 0 Å². The molecule has 1 saturated carbocycles. The number of aryl methyl sites for hydroxylation is 1. The normalized spacial score (nSPS) is 13.3. The molecule has 1 N–H and O–H groups in total. The Labute approximate surface area is 159 Å². The molecule has 2 aromatic carbocycles. The molecule has 2 amide bonds. The van der Waals surface area contributed by atoms with E-state index in [2.05, 4.69) is 12.2 Å². The minimum absolute atomic E-state index is 0.0185. The number of carbonyl (C=O) groups is 2. The molecule has 27 heavy (non-hydrogen) atoms. The molecule has 4 nitrogen and oxygen atoms in total. The first-order valence-corrected chi connectivity index (χ1v) is 9.45. The highest BCUT2D eigenvalue weighted by atomic mass is 19.1. The van der Waals surface area contributed by atoms with Crippen LogP contribution in [0.25, 0.3) is 0 Å². The molecule has 3 rings (SSSR count). The van der Waals surface area contributed by atoms with Crippen LogP contribution < -0.4 is 5.32 Å². The molecule has 0 atom stereocenters. The smallest absolute Gasteiger partial charge is 0.258 e. The lowest BCUT2D eigenvalue weighted by Crippen LogP contribution is -2.33. The van der Waals surface area contributed by atoms with Crippen molar-refractivity contribution in [2.45, 2.75) is 33.1 Å². The van der Waals surface area contributed by atoms with E-state index in [4.69, 9.17) is 0 Å². The highest BCUT2D eigenvalue weighted by Crippen LogP contribution is 2.30. The fraction of sp³-hybridized carbons (Fsp3) is 0.364. The van der Waals surface area contributed by atoms with Gasteiger partial charge in [-0.15, -0.1) is 0 Å². The molecule has 1 fully saturated rings. The second kappa shape index (κ2) is 8.33. The summed E-state index contributed by atoms with van der Waals surface area (Å²) in [6.07, 6.45) is 3.28. The molecule has 0 bridgehead atoms. The number of carbonyl (C=O) groups excluding carboxylic acids is 2. The summed E-state index contributed by atoms with van der Waals surface area (Å²) in [5.41, 5.74) is 1.87. The van der Waals surface area contributed by atoms with E-state index in [9.17, 15) is 14.0 Å². The van der Waals surface area contributed by atoms with Crippen molar-refractivity contribution in [1.29, 1.82) is 0 Å². The summed E-state index contributed by atoms with van der Waals surface area (Å²) in [5, 5.41) is 2.74. The predicted molar refractivity (Wildman–Crippen MR) is 104 cm³/mol. The number of amides is 2. The van der Waals surface area contributed by atoms with Gasteiger partial charge in [-0.2, -0.15) is 0 Å². The highest BCUT2D eigenvalue weighted by Gasteiger charge is 2.27. The first kappa shape index (κ1) is 19.1. The van der Waals surface area contributed by atoms with Crippen LogP contribution >= 0.6 is 0 Å². The predicted octanol–water partition coefficient (Wildman–Crippen LogP) is 4.65. The highest BCUT2D eigenvalue weighted by molar-refractivity contribution is 6.05. The third kappa shape index (κ3) is 4.73. The maximum atomic E-state index is 13.8. The molecule has 0 saturated heterocycles. The molecule has 0 radical (unpaired) electrons. The van der Waals surface area contributed by atoms with Crippen molar-refractivity contribution in [2.75, 3.05) is 18.4 Å². The summed E-state index contributed by atoms with van der Waals surface area (Å²) in [4.78, 5) is 27.2. The fourth-order valence-electron chi connectivity index (χ4n) is 3.07. The third-order valence-electron chi connectivity index (χ3n) is 4.81. The Morgan fingerprint density at radius 2 is 1.93 bits per heavy atom. The summed E-state index contributed by atoms with van der Waals surface area (Å²) < 4.78 is 13.8. The zero-order valence-corrected chi connectivity index (χ0v) is 15.8. The maximum Gasteiger partial charge on any atom is 0.258 e. The van der Waals surface area contributed by atoms with Crippen molar-refractivity contribution in [3.8, 4) is 0 Å². The van der Waals surface area contributed by atoms with Crippen LogP contribution in [0.2, 0.25) is 0 Å². The average molecular weight is 368 g/mol. The molecule has 0 unspecified atom stereocenters. The number of halogens is 1. The van der Waals surface area contributed by atoms with Crippen molar-refractivity contribution >= 4 is 17.5 Å². The van der Waals surface area contributed by atoms with E-state index in [1.807, 2.05) is 17.9 Å². The molecular formula is C22H25FN2O2. The maximum absolute atomic E-state index is 13.8. The molecule has 5 heteroatoms. The number of rotatable bonds is 7. The van der Waals surface area contributed by atoms with Crippen LogP contribution in [0.3, 0.4) is 0 Å². The van der Waals surface area contributed by atoms with Crippen LogP contribution in [0.5, 0.6) is 0 Å². The van der Waals surface area contributed by atoms with Gasteiger partial charge < -0.3 is 10.2 Å². The molecule has 142 valence electrons. The second-order valence-electron chi connectivity index (χ2n) is 7.16. The van der Waals surface area contributed by atoms with Gasteiger partial charge in [0.1, 0.15) is 5.82 Å². The lowest BCUT2D eigenvalue weighted by Gasteiger charge is -2.22. The van der Waals surface area contributed by atoms with Crippen LogP contribution in [0.1, 0.15) is 52.5 Å². The summed E-state index contributed by atoms with van der Waals surface area (Å²) in [5.74, 6) is -0.501. The summed E-state index contributed by atoms with van der Waals surface area (Å²) in [6.45, 7) is 5.42. The first-order valence-electron chi connectivity index (χ1n) is 9.45. The van der Waals surface area contributed by atoms with E-state index < -0.39 is 11.7 Å². The van der Waals surface area contributed by atoms with Crippen LogP contribution in [0, 0.1) is 18.7 Å². The van der Waals surface area contributed by atoms with Crippen LogP contribution in [0.4, 0.5) is 10.1 Å². The number of hydrogen-bond acceptors (Lipinski definition) is 2. The van der Waals surface area contributed by atoms with Crippen molar-refractivity contribution in [3.05, 3.63) is 65.0 Å². The Morgan fingerprint density at radius 3 is 2.59 bits per heavy atom. The summed E-state index contributed by atoms with van der Waals surface area (Å²) in [7, 11) is 0. The van der Waals surface area contributed by atoms with E-state index in [-0.39, 0.29) is 11.5 Å². The lowest BCUT2D eigenvalue weighted by atomic mass is 10.1. The topological polar surface area (TPSA) is 49.4 Å². The minimum atomic E-state index is -0.571. The summed E-state index contributed by atoms with van der Waals surface area (Å²) in [6, 6.07) is 11.1. The summed E-state index contributed by atoms with van der Waals surface area (Å²) >= 11 is 0. The Balaban J connectivity index is 1.80. The largest absolute Gasteiger partial charge is 0.338 e. The van der Waals surface area contributed by atoms with Gasteiger partial charge in [0.2, 0.25) is 0 Å². The van der Waals surface area contributed by atoms with Crippen LogP contribution in [-0.4, -0.2) is 29.8 Å². The molecule has 0 aromatic heterocycles. The van der Waals surface area contributed by atoms with Gasteiger partial charge in [-0.05, 0) is 61.9 Å². The number of hydrogen-bond donors (Lipinski definition) is 1. The fourth-order valence-corrected chi connectivity index (χ4v) is 3.07. The van der Waals surface area contributed by atoms with E-state index >= 15 is 0 Å². The van der Waals surface area contributed by atoms with Gasteiger partial charge in [-0.3, -0.25) is 9.59 Å². The Hall–Kier alpha value is -2.69. The van der Waals surface area contributed by atoms with E-state index in [0.29, 0.717) is 17.2 Å². The van der Waals surface area contributed by atoms with Gasteiger partial charge in [0.25, 0.3) is 11.8 Å². The molecule has 2 aromatic rings. The Morgan fingerprint density at radius 1 is 1.19 bits per heavy atom. The molecular weight excluding hydrogens is 343 g/mol. The van der Waals surface area contributed by atoms with Gasteiger partial charge in [-0.25, -0.2) is 4.39 Å². The molecule has 1 aliphatic carbocycles. The van der Waals surface area contributed by atoms with Gasteiger partial charge in [0.15, 0.2) is 0 Å². The van der Waals surface area contributed by atoms with Crippen LogP contribution in [0.15, 0.2) is 42.5 Å². The Bertz CT molecular complexity index is 846. The van der Waals surface area contributed by atoms with Crippen molar-refractivity contribution in [1.82, 2.24) is 4.90 Å². The van der Waals surface area contributed by atoms with Gasteiger partial charge in [-0.1, -0.05) is 25.1 Å².